The van der Waals surface area contributed by atoms with Crippen molar-refractivity contribution in [1.82, 2.24) is 19.7 Å². The number of rotatable bonds is 11. The van der Waals surface area contributed by atoms with E-state index < -0.39 is 0 Å². The van der Waals surface area contributed by atoms with E-state index in [0.29, 0.717) is 24.6 Å². The number of nitrogens with zero attached hydrogens (tertiary/aromatic N) is 4. The predicted molar refractivity (Wildman–Crippen MR) is 136 cm³/mol. The Morgan fingerprint density at radius 1 is 1.14 bits per heavy atom. The van der Waals surface area contributed by atoms with Crippen LogP contribution in [-0.4, -0.2) is 58.7 Å². The van der Waals surface area contributed by atoms with Crippen molar-refractivity contribution < 1.29 is 19.3 Å². The first-order valence-corrected chi connectivity index (χ1v) is 12.8. The van der Waals surface area contributed by atoms with Gasteiger partial charge in [-0.3, -0.25) is 4.90 Å². The molecule has 1 fully saturated rings. The summed E-state index contributed by atoms with van der Waals surface area (Å²) in [6, 6.07) is 12.1. The topological polar surface area (TPSA) is 81.9 Å². The van der Waals surface area contributed by atoms with Gasteiger partial charge in [0.1, 0.15) is 5.82 Å². The Kier molecular flexibility index (Phi) is 8.54. The van der Waals surface area contributed by atoms with Crippen molar-refractivity contribution >= 4 is 11.8 Å². The number of aromatic nitrogens is 3. The Morgan fingerprint density at radius 3 is 2.54 bits per heavy atom. The highest BCUT2D eigenvalue weighted by atomic mass is 32.2. The third-order valence-corrected chi connectivity index (χ3v) is 7.24. The predicted octanol–water partition coefficient (Wildman–Crippen LogP) is 4.41. The van der Waals surface area contributed by atoms with E-state index in [-0.39, 0.29) is 11.9 Å². The first-order chi connectivity index (χ1) is 17.0. The molecule has 0 bridgehead atoms. The third-order valence-electron chi connectivity index (χ3n) is 6.23. The van der Waals surface area contributed by atoms with Gasteiger partial charge >= 0.3 is 0 Å². The van der Waals surface area contributed by atoms with Crippen molar-refractivity contribution in [2.24, 2.45) is 0 Å². The van der Waals surface area contributed by atoms with Gasteiger partial charge in [-0.05, 0) is 55.6 Å². The molecule has 0 amide bonds. The molecule has 0 aliphatic carbocycles. The molecular weight excluding hydrogens is 464 g/mol. The van der Waals surface area contributed by atoms with E-state index in [1.54, 1.807) is 11.8 Å². The fourth-order valence-corrected chi connectivity index (χ4v) is 5.32. The van der Waals surface area contributed by atoms with Crippen molar-refractivity contribution in [2.45, 2.75) is 56.4 Å². The van der Waals surface area contributed by atoms with Gasteiger partial charge in [0.25, 0.3) is 0 Å². The van der Waals surface area contributed by atoms with Crippen molar-refractivity contribution in [1.29, 1.82) is 0 Å². The van der Waals surface area contributed by atoms with E-state index in [1.165, 1.54) is 25.3 Å². The summed E-state index contributed by atoms with van der Waals surface area (Å²) in [5.74, 6) is 2.55. The van der Waals surface area contributed by atoms with Gasteiger partial charge < -0.3 is 23.9 Å². The number of benzene rings is 2. The zero-order valence-corrected chi connectivity index (χ0v) is 21.7. The number of phenolic OH excluding ortho intramolecular Hbond substituents is 1. The summed E-state index contributed by atoms with van der Waals surface area (Å²) < 4.78 is 18.8. The molecular formula is C26H34N4O4S. The minimum absolute atomic E-state index is 0.00743. The second-order valence-corrected chi connectivity index (χ2v) is 9.82. The highest BCUT2D eigenvalue weighted by Gasteiger charge is 2.22. The highest BCUT2D eigenvalue weighted by Crippen LogP contribution is 2.37. The Labute approximate surface area is 211 Å². The van der Waals surface area contributed by atoms with Crippen LogP contribution in [0.15, 0.2) is 41.6 Å². The van der Waals surface area contributed by atoms with Gasteiger partial charge in [-0.1, -0.05) is 36.0 Å². The fourth-order valence-electron chi connectivity index (χ4n) is 4.28. The number of thioether (sulfide) groups is 1. The number of hydrogen-bond donors (Lipinski definition) is 1. The Hall–Kier alpha value is -2.75. The Balaban J connectivity index is 1.50. The molecule has 1 atom stereocenters. The summed E-state index contributed by atoms with van der Waals surface area (Å²) in [5, 5.41) is 20.2. The zero-order chi connectivity index (χ0) is 24.8. The van der Waals surface area contributed by atoms with E-state index in [4.69, 9.17) is 14.2 Å². The number of methoxy groups -OCH3 is 2. The van der Waals surface area contributed by atoms with E-state index in [0.717, 1.165) is 48.3 Å². The van der Waals surface area contributed by atoms with Crippen LogP contribution in [0.3, 0.4) is 0 Å². The highest BCUT2D eigenvalue weighted by molar-refractivity contribution is 7.98. The number of aryl methyl sites for hydroxylation is 1. The number of ether oxygens (including phenoxy) is 3. The molecule has 2 heterocycles. The summed E-state index contributed by atoms with van der Waals surface area (Å²) in [5.41, 5.74) is 3.56. The number of hydrogen-bond acceptors (Lipinski definition) is 8. The molecule has 1 saturated heterocycles. The van der Waals surface area contributed by atoms with Gasteiger partial charge in [0, 0.05) is 18.9 Å². The second-order valence-electron chi connectivity index (χ2n) is 8.88. The van der Waals surface area contributed by atoms with Crippen LogP contribution in [0.5, 0.6) is 17.2 Å². The minimum Gasteiger partial charge on any atom is -0.502 e. The van der Waals surface area contributed by atoms with Gasteiger partial charge in [0.2, 0.25) is 5.75 Å². The monoisotopic (exact) mass is 498 g/mol. The molecule has 1 N–H and O–H groups in total. The molecule has 188 valence electrons. The lowest BCUT2D eigenvalue weighted by Gasteiger charge is -2.20. The summed E-state index contributed by atoms with van der Waals surface area (Å²) in [6.45, 7) is 4.97. The van der Waals surface area contributed by atoms with E-state index >= 15 is 0 Å². The molecule has 0 radical (unpaired) electrons. The van der Waals surface area contributed by atoms with Crippen molar-refractivity contribution in [3.05, 3.63) is 58.9 Å². The van der Waals surface area contributed by atoms with Crippen LogP contribution >= 0.6 is 11.8 Å². The third kappa shape index (κ3) is 6.28. The molecule has 2 aromatic carbocycles. The summed E-state index contributed by atoms with van der Waals surface area (Å²) >= 11 is 1.72. The van der Waals surface area contributed by atoms with Crippen LogP contribution in [0.25, 0.3) is 0 Å². The molecule has 8 nitrogen and oxygen atoms in total. The van der Waals surface area contributed by atoms with Crippen molar-refractivity contribution in [2.75, 3.05) is 27.9 Å². The lowest BCUT2D eigenvalue weighted by atomic mass is 10.1. The zero-order valence-electron chi connectivity index (χ0n) is 20.9. The molecule has 1 aliphatic heterocycles. The van der Waals surface area contributed by atoms with E-state index in [9.17, 15) is 5.11 Å². The van der Waals surface area contributed by atoms with Gasteiger partial charge in [0.15, 0.2) is 16.7 Å². The molecule has 4 rings (SSSR count). The molecule has 0 saturated carbocycles. The summed E-state index contributed by atoms with van der Waals surface area (Å²) in [6.07, 6.45) is 2.35. The van der Waals surface area contributed by atoms with E-state index in [2.05, 4.69) is 50.9 Å². The first-order valence-electron chi connectivity index (χ1n) is 11.8. The normalized spacial score (nSPS) is 15.6. The number of aromatic hydroxyl groups is 1. The quantitative estimate of drug-likeness (QED) is 0.389. The van der Waals surface area contributed by atoms with Crippen molar-refractivity contribution in [3.8, 4) is 17.2 Å². The molecule has 0 spiro atoms. The van der Waals surface area contributed by atoms with Crippen LogP contribution in [0, 0.1) is 6.92 Å². The summed E-state index contributed by atoms with van der Waals surface area (Å²) in [4.78, 5) is 2.16. The Morgan fingerprint density at radius 2 is 1.89 bits per heavy atom. The second kappa shape index (κ2) is 11.8. The molecule has 9 heteroatoms. The molecule has 35 heavy (non-hydrogen) atoms. The van der Waals surface area contributed by atoms with Gasteiger partial charge in [-0.15, -0.1) is 10.2 Å². The maximum Gasteiger partial charge on any atom is 0.200 e. The van der Waals surface area contributed by atoms with E-state index in [1.807, 2.05) is 19.2 Å². The average molecular weight is 499 g/mol. The standard InChI is InChI=1S/C26H34N4O4S/c1-18-8-5-6-9-20(18)17-35-26-28-27-24(30(26)15-21-10-7-11-34-21)16-29(2)14-19-12-22(32-3)25(31)23(13-19)33-4/h5-6,8-9,12-13,21,31H,7,10-11,14-17H2,1-4H3/t21-/m1/s1. The molecule has 1 aliphatic rings. The largest absolute Gasteiger partial charge is 0.502 e. The van der Waals surface area contributed by atoms with Crippen LogP contribution in [0.1, 0.15) is 35.4 Å². The molecule has 1 aromatic heterocycles. The fraction of sp³-hybridized carbons (Fsp3) is 0.462. The molecule has 3 aromatic rings. The summed E-state index contributed by atoms with van der Waals surface area (Å²) in [7, 11) is 5.11. The number of phenols is 1. The minimum atomic E-state index is 0.00743. The lowest BCUT2D eigenvalue weighted by molar-refractivity contribution is 0.0934. The van der Waals surface area contributed by atoms with Gasteiger partial charge in [-0.25, -0.2) is 0 Å². The maximum atomic E-state index is 10.2. The Bertz CT molecular complexity index is 1110. The van der Waals surface area contributed by atoms with Crippen LogP contribution < -0.4 is 9.47 Å². The molecule has 0 unspecified atom stereocenters. The van der Waals surface area contributed by atoms with Crippen LogP contribution in [0.4, 0.5) is 0 Å². The average Bonchev–Trinajstić information content (AvgIpc) is 3.50. The van der Waals surface area contributed by atoms with Crippen molar-refractivity contribution in [3.63, 3.8) is 0 Å². The van der Waals surface area contributed by atoms with Crippen LogP contribution in [-0.2, 0) is 30.1 Å². The van der Waals surface area contributed by atoms with Crippen LogP contribution in [0.2, 0.25) is 0 Å². The smallest absolute Gasteiger partial charge is 0.200 e. The van der Waals surface area contributed by atoms with Gasteiger partial charge in [-0.2, -0.15) is 0 Å². The maximum absolute atomic E-state index is 10.2. The first kappa shape index (κ1) is 25.3. The lowest BCUT2D eigenvalue weighted by Crippen LogP contribution is -2.23. The van der Waals surface area contributed by atoms with Gasteiger partial charge in [0.05, 0.1) is 33.4 Å². The SMILES string of the molecule is COc1cc(CN(C)Cc2nnc(SCc3ccccc3C)n2C[C@H]2CCCO2)cc(OC)c1O.